The first-order valence-electron chi connectivity index (χ1n) is 9.10. The average molecular weight is 373 g/mol. The van der Waals surface area contributed by atoms with Crippen LogP contribution in [0.4, 0.5) is 5.82 Å². The number of aromatic amines is 1. The van der Waals surface area contributed by atoms with E-state index in [9.17, 15) is 8.42 Å². The van der Waals surface area contributed by atoms with Crippen LogP contribution in [0.1, 0.15) is 32.1 Å². The Morgan fingerprint density at radius 1 is 1.31 bits per heavy atom. The molecule has 2 saturated carbocycles. The lowest BCUT2D eigenvalue weighted by Gasteiger charge is -2.42. The van der Waals surface area contributed by atoms with E-state index in [1.165, 1.54) is 0 Å². The Hall–Kier alpha value is -2.14. The highest BCUT2D eigenvalue weighted by Crippen LogP contribution is 2.38. The van der Waals surface area contributed by atoms with Crippen LogP contribution in [0.3, 0.4) is 0 Å². The van der Waals surface area contributed by atoms with Crippen molar-refractivity contribution < 1.29 is 8.42 Å². The number of anilines is 1. The van der Waals surface area contributed by atoms with Gasteiger partial charge < -0.3 is 9.88 Å². The summed E-state index contributed by atoms with van der Waals surface area (Å²) in [4.78, 5) is 13.9. The van der Waals surface area contributed by atoms with Gasteiger partial charge in [-0.3, -0.25) is 0 Å². The molecule has 0 aromatic carbocycles. The molecule has 0 unspecified atom stereocenters. The van der Waals surface area contributed by atoms with Crippen molar-refractivity contribution in [2.45, 2.75) is 43.4 Å². The van der Waals surface area contributed by atoms with Crippen LogP contribution in [-0.2, 0) is 9.84 Å². The quantitative estimate of drug-likeness (QED) is 0.862. The van der Waals surface area contributed by atoms with Crippen LogP contribution in [0.2, 0.25) is 0 Å². The lowest BCUT2D eigenvalue weighted by Crippen LogP contribution is -2.46. The normalized spacial score (nSPS) is 28.6. The van der Waals surface area contributed by atoms with E-state index in [0.29, 0.717) is 18.9 Å². The Morgan fingerprint density at radius 3 is 2.85 bits per heavy atom. The third-order valence-electron chi connectivity index (χ3n) is 5.97. The smallest absolute Gasteiger partial charge is 0.153 e. The number of hydrogen-bond acceptors (Lipinski definition) is 6. The molecule has 0 bridgehead atoms. The molecule has 2 fully saturated rings. The Kier molecular flexibility index (Phi) is 4.35. The van der Waals surface area contributed by atoms with Gasteiger partial charge in [-0.2, -0.15) is 5.26 Å². The molecule has 0 spiro atoms. The number of nitrogens with one attached hydrogen (secondary N) is 1. The summed E-state index contributed by atoms with van der Waals surface area (Å²) in [6.45, 7) is 0. The standard InChI is InChI=1S/C18H23N5O2S/c1-23(18-16-4-5-20-17(16)21-11-22-18)14-6-13(7-14)10-26(24,25)15-3-2-12(8-15)9-19/h4-5,11-15H,2-3,6-8,10H2,1H3,(H,20,21,22)/t12-,13-,14+,15-/m0/s1. The number of nitriles is 1. The van der Waals surface area contributed by atoms with E-state index >= 15 is 0 Å². The molecule has 2 aromatic rings. The molecule has 0 radical (unpaired) electrons. The minimum Gasteiger partial charge on any atom is -0.356 e. The molecule has 2 aliphatic rings. The summed E-state index contributed by atoms with van der Waals surface area (Å²) in [5.74, 6) is 1.26. The van der Waals surface area contributed by atoms with Crippen molar-refractivity contribution in [3.05, 3.63) is 18.6 Å². The number of fused-ring (bicyclic) bond motifs is 1. The van der Waals surface area contributed by atoms with E-state index in [-0.39, 0.29) is 22.8 Å². The van der Waals surface area contributed by atoms with E-state index in [0.717, 1.165) is 36.1 Å². The van der Waals surface area contributed by atoms with Crippen LogP contribution < -0.4 is 4.90 Å². The maximum atomic E-state index is 12.6. The monoisotopic (exact) mass is 373 g/mol. The minimum absolute atomic E-state index is 0.0865. The topological polar surface area (TPSA) is 103 Å². The first kappa shape index (κ1) is 17.3. The molecular weight excluding hydrogens is 350 g/mol. The molecule has 7 nitrogen and oxygen atoms in total. The molecule has 2 atom stereocenters. The summed E-state index contributed by atoms with van der Waals surface area (Å²) in [5, 5.41) is 9.66. The summed E-state index contributed by atoms with van der Waals surface area (Å²) in [6, 6.07) is 4.48. The Labute approximate surface area is 153 Å². The summed E-state index contributed by atoms with van der Waals surface area (Å²) < 4.78 is 25.3. The fourth-order valence-electron chi connectivity index (χ4n) is 4.31. The SMILES string of the molecule is CN(c1ncnc2[nH]ccc12)[C@H]1C[C@@H](CS(=O)(=O)[C@H]2CC[C@H](C#N)C2)C1. The zero-order valence-electron chi connectivity index (χ0n) is 14.8. The number of aromatic nitrogens is 3. The van der Waals surface area contributed by atoms with E-state index < -0.39 is 9.84 Å². The molecule has 8 heteroatoms. The molecular formula is C18H23N5O2S. The highest BCUT2D eigenvalue weighted by Gasteiger charge is 2.40. The molecule has 0 saturated heterocycles. The Morgan fingerprint density at radius 2 is 2.12 bits per heavy atom. The molecule has 1 N–H and O–H groups in total. The Balaban J connectivity index is 1.37. The van der Waals surface area contributed by atoms with Crippen molar-refractivity contribution >= 4 is 26.7 Å². The van der Waals surface area contributed by atoms with Gasteiger partial charge in [-0.25, -0.2) is 18.4 Å². The zero-order valence-corrected chi connectivity index (χ0v) is 15.6. The lowest BCUT2D eigenvalue weighted by atomic mass is 9.81. The third kappa shape index (κ3) is 3.05. The fraction of sp³-hybridized carbons (Fsp3) is 0.611. The maximum absolute atomic E-state index is 12.6. The van der Waals surface area contributed by atoms with Gasteiger partial charge in [-0.05, 0) is 44.1 Å². The molecule has 2 aromatic heterocycles. The number of sulfone groups is 1. The molecule has 2 heterocycles. The first-order chi connectivity index (χ1) is 12.5. The molecule has 4 rings (SSSR count). The van der Waals surface area contributed by atoms with E-state index in [1.807, 2.05) is 19.3 Å². The molecule has 26 heavy (non-hydrogen) atoms. The molecule has 138 valence electrons. The summed E-state index contributed by atoms with van der Waals surface area (Å²) in [5.41, 5.74) is 0.814. The van der Waals surface area contributed by atoms with Crippen molar-refractivity contribution in [3.63, 3.8) is 0 Å². The van der Waals surface area contributed by atoms with Crippen LogP contribution in [0.5, 0.6) is 0 Å². The second-order valence-electron chi connectivity index (χ2n) is 7.63. The summed E-state index contributed by atoms with van der Waals surface area (Å²) >= 11 is 0. The van der Waals surface area contributed by atoms with E-state index in [4.69, 9.17) is 5.26 Å². The van der Waals surface area contributed by atoms with Gasteiger partial charge in [0, 0.05) is 25.2 Å². The maximum Gasteiger partial charge on any atom is 0.153 e. The van der Waals surface area contributed by atoms with Crippen molar-refractivity contribution in [2.24, 2.45) is 11.8 Å². The first-order valence-corrected chi connectivity index (χ1v) is 10.8. The largest absolute Gasteiger partial charge is 0.356 e. The van der Waals surface area contributed by atoms with Gasteiger partial charge in [0.1, 0.15) is 17.8 Å². The van der Waals surface area contributed by atoms with Gasteiger partial charge in [0.2, 0.25) is 0 Å². The number of rotatable bonds is 5. The van der Waals surface area contributed by atoms with Crippen molar-refractivity contribution in [3.8, 4) is 6.07 Å². The average Bonchev–Trinajstić information content (AvgIpc) is 3.25. The molecule has 2 aliphatic carbocycles. The van der Waals surface area contributed by atoms with Crippen LogP contribution in [-0.4, -0.2) is 47.5 Å². The van der Waals surface area contributed by atoms with Gasteiger partial charge >= 0.3 is 0 Å². The van der Waals surface area contributed by atoms with Crippen LogP contribution >= 0.6 is 0 Å². The Bertz CT molecular complexity index is 942. The van der Waals surface area contributed by atoms with Crippen LogP contribution in [0.15, 0.2) is 18.6 Å². The second kappa shape index (κ2) is 6.54. The molecule has 0 amide bonds. The highest BCUT2D eigenvalue weighted by atomic mass is 32.2. The van der Waals surface area contributed by atoms with Gasteiger partial charge in [-0.15, -0.1) is 0 Å². The van der Waals surface area contributed by atoms with E-state index in [2.05, 4.69) is 25.9 Å². The van der Waals surface area contributed by atoms with Crippen LogP contribution in [0, 0.1) is 23.2 Å². The molecule has 0 aliphatic heterocycles. The predicted molar refractivity (Wildman–Crippen MR) is 99.3 cm³/mol. The van der Waals surface area contributed by atoms with Crippen molar-refractivity contribution in [1.82, 2.24) is 15.0 Å². The zero-order chi connectivity index (χ0) is 18.3. The van der Waals surface area contributed by atoms with Crippen molar-refractivity contribution in [2.75, 3.05) is 17.7 Å². The number of nitrogens with zero attached hydrogens (tertiary/aromatic N) is 4. The minimum atomic E-state index is -3.10. The van der Waals surface area contributed by atoms with Gasteiger partial charge in [0.15, 0.2) is 9.84 Å². The second-order valence-corrected chi connectivity index (χ2v) is 9.96. The lowest BCUT2D eigenvalue weighted by molar-refractivity contribution is 0.281. The van der Waals surface area contributed by atoms with Gasteiger partial charge in [-0.1, -0.05) is 0 Å². The predicted octanol–water partition coefficient (Wildman–Crippen LogP) is 2.28. The van der Waals surface area contributed by atoms with Gasteiger partial charge in [0.05, 0.1) is 22.5 Å². The van der Waals surface area contributed by atoms with E-state index in [1.54, 1.807) is 6.33 Å². The highest BCUT2D eigenvalue weighted by molar-refractivity contribution is 7.92. The van der Waals surface area contributed by atoms with Crippen LogP contribution in [0.25, 0.3) is 11.0 Å². The summed E-state index contributed by atoms with van der Waals surface area (Å²) in [7, 11) is -1.09. The van der Waals surface area contributed by atoms with Gasteiger partial charge in [0.25, 0.3) is 0 Å². The number of H-pyrrole nitrogens is 1. The fourth-order valence-corrected chi connectivity index (χ4v) is 6.54. The van der Waals surface area contributed by atoms with Crippen molar-refractivity contribution in [1.29, 1.82) is 5.26 Å². The summed E-state index contributed by atoms with van der Waals surface area (Å²) in [6.07, 6.45) is 7.00. The number of hydrogen-bond donors (Lipinski definition) is 1. The third-order valence-corrected chi connectivity index (χ3v) is 8.35.